The third-order valence-corrected chi connectivity index (χ3v) is 3.34. The van der Waals surface area contributed by atoms with Crippen molar-refractivity contribution in [2.45, 2.75) is 25.8 Å². The Balaban J connectivity index is 2.03. The third-order valence-electron chi connectivity index (χ3n) is 3.34. The Labute approximate surface area is 125 Å². The second-order valence-corrected chi connectivity index (χ2v) is 4.99. The summed E-state index contributed by atoms with van der Waals surface area (Å²) in [7, 11) is 0. The SMILES string of the molecule is CC(=O)NC(CCC(=O)c1ccccc1)c1ccccc1. The van der Waals surface area contributed by atoms with Crippen LogP contribution >= 0.6 is 0 Å². The van der Waals surface area contributed by atoms with Gasteiger partial charge < -0.3 is 5.32 Å². The van der Waals surface area contributed by atoms with Crippen LogP contribution in [0.4, 0.5) is 0 Å². The van der Waals surface area contributed by atoms with Gasteiger partial charge in [0.05, 0.1) is 6.04 Å². The number of benzene rings is 2. The van der Waals surface area contributed by atoms with Crippen molar-refractivity contribution < 1.29 is 9.59 Å². The number of ketones is 1. The van der Waals surface area contributed by atoms with E-state index in [-0.39, 0.29) is 17.7 Å². The molecule has 0 heterocycles. The molecule has 0 aliphatic heterocycles. The molecule has 0 radical (unpaired) electrons. The van der Waals surface area contributed by atoms with Gasteiger partial charge in [-0.15, -0.1) is 0 Å². The lowest BCUT2D eigenvalue weighted by molar-refractivity contribution is -0.119. The molecule has 1 N–H and O–H groups in total. The molecule has 108 valence electrons. The van der Waals surface area contributed by atoms with Crippen LogP contribution in [0.2, 0.25) is 0 Å². The molecule has 3 heteroatoms. The summed E-state index contributed by atoms with van der Waals surface area (Å²) in [5.41, 5.74) is 1.74. The summed E-state index contributed by atoms with van der Waals surface area (Å²) in [6.07, 6.45) is 1.00. The van der Waals surface area contributed by atoms with Gasteiger partial charge in [-0.2, -0.15) is 0 Å². The molecule has 0 aliphatic carbocycles. The van der Waals surface area contributed by atoms with Crippen LogP contribution in [-0.2, 0) is 4.79 Å². The fourth-order valence-corrected chi connectivity index (χ4v) is 2.30. The summed E-state index contributed by atoms with van der Waals surface area (Å²) in [5, 5.41) is 2.91. The summed E-state index contributed by atoms with van der Waals surface area (Å²) in [4.78, 5) is 23.5. The highest BCUT2D eigenvalue weighted by Gasteiger charge is 2.15. The van der Waals surface area contributed by atoms with E-state index in [1.165, 1.54) is 6.92 Å². The van der Waals surface area contributed by atoms with E-state index in [1.54, 1.807) is 0 Å². The fourth-order valence-electron chi connectivity index (χ4n) is 2.30. The van der Waals surface area contributed by atoms with E-state index in [2.05, 4.69) is 5.32 Å². The quantitative estimate of drug-likeness (QED) is 0.823. The molecule has 3 nitrogen and oxygen atoms in total. The summed E-state index contributed by atoms with van der Waals surface area (Å²) < 4.78 is 0. The maximum absolute atomic E-state index is 12.2. The third kappa shape index (κ3) is 4.56. The van der Waals surface area contributed by atoms with Gasteiger partial charge in [-0.3, -0.25) is 9.59 Å². The lowest BCUT2D eigenvalue weighted by Crippen LogP contribution is -2.26. The smallest absolute Gasteiger partial charge is 0.217 e. The van der Waals surface area contributed by atoms with Crippen molar-refractivity contribution in [1.29, 1.82) is 0 Å². The van der Waals surface area contributed by atoms with Crippen molar-refractivity contribution in [3.05, 3.63) is 71.8 Å². The van der Waals surface area contributed by atoms with Gasteiger partial charge in [0.15, 0.2) is 5.78 Å². The van der Waals surface area contributed by atoms with Gasteiger partial charge in [-0.1, -0.05) is 60.7 Å². The molecule has 0 saturated carbocycles. The molecular weight excluding hydrogens is 262 g/mol. The molecule has 21 heavy (non-hydrogen) atoms. The first-order valence-electron chi connectivity index (χ1n) is 7.07. The Morgan fingerprint density at radius 3 is 2.10 bits per heavy atom. The molecule has 2 rings (SSSR count). The number of rotatable bonds is 6. The Morgan fingerprint density at radius 2 is 1.52 bits per heavy atom. The second-order valence-electron chi connectivity index (χ2n) is 4.99. The van der Waals surface area contributed by atoms with Crippen LogP contribution in [0, 0.1) is 0 Å². The first-order valence-corrected chi connectivity index (χ1v) is 7.07. The minimum atomic E-state index is -0.128. The number of carbonyl (C=O) groups excluding carboxylic acids is 2. The second kappa shape index (κ2) is 7.39. The van der Waals surface area contributed by atoms with E-state index in [0.717, 1.165) is 5.56 Å². The Hall–Kier alpha value is -2.42. The molecule has 1 atom stereocenters. The van der Waals surface area contributed by atoms with Crippen LogP contribution in [0.5, 0.6) is 0 Å². The van der Waals surface area contributed by atoms with Crippen LogP contribution in [0.25, 0.3) is 0 Å². The van der Waals surface area contributed by atoms with Crippen LogP contribution < -0.4 is 5.32 Å². The van der Waals surface area contributed by atoms with Gasteiger partial charge in [-0.25, -0.2) is 0 Å². The van der Waals surface area contributed by atoms with E-state index < -0.39 is 0 Å². The monoisotopic (exact) mass is 281 g/mol. The first-order chi connectivity index (χ1) is 10.2. The van der Waals surface area contributed by atoms with E-state index in [1.807, 2.05) is 60.7 Å². The van der Waals surface area contributed by atoms with E-state index in [0.29, 0.717) is 18.4 Å². The number of hydrogen-bond donors (Lipinski definition) is 1. The number of hydrogen-bond acceptors (Lipinski definition) is 2. The van der Waals surface area contributed by atoms with Crippen molar-refractivity contribution >= 4 is 11.7 Å². The molecule has 0 saturated heterocycles. The molecular formula is C18H19NO2. The van der Waals surface area contributed by atoms with Crippen LogP contribution in [0.1, 0.15) is 41.7 Å². The summed E-state index contributed by atoms with van der Waals surface area (Å²) in [5.74, 6) is 0.0119. The predicted molar refractivity (Wildman–Crippen MR) is 83.0 cm³/mol. The lowest BCUT2D eigenvalue weighted by atomic mass is 9.98. The maximum atomic E-state index is 12.2. The first kappa shape index (κ1) is 15.0. The summed E-state index contributed by atoms with van der Waals surface area (Å²) in [6, 6.07) is 18.8. The zero-order valence-corrected chi connectivity index (χ0v) is 12.1. The van der Waals surface area contributed by atoms with E-state index >= 15 is 0 Å². The van der Waals surface area contributed by atoms with Crippen molar-refractivity contribution in [2.75, 3.05) is 0 Å². The van der Waals surface area contributed by atoms with Crippen molar-refractivity contribution in [3.63, 3.8) is 0 Å². The molecule has 1 amide bonds. The van der Waals surface area contributed by atoms with Gasteiger partial charge in [-0.05, 0) is 12.0 Å². The predicted octanol–water partition coefficient (Wildman–Crippen LogP) is 3.53. The average molecular weight is 281 g/mol. The molecule has 0 aromatic heterocycles. The Kier molecular flexibility index (Phi) is 5.27. The molecule has 2 aromatic carbocycles. The van der Waals surface area contributed by atoms with Crippen molar-refractivity contribution in [3.8, 4) is 0 Å². The van der Waals surface area contributed by atoms with Gasteiger partial charge in [0, 0.05) is 18.9 Å². The molecule has 0 aliphatic rings. The zero-order valence-electron chi connectivity index (χ0n) is 12.1. The van der Waals surface area contributed by atoms with Crippen LogP contribution in [0.15, 0.2) is 60.7 Å². The Bertz CT molecular complexity index is 593. The maximum Gasteiger partial charge on any atom is 0.217 e. The van der Waals surface area contributed by atoms with Crippen LogP contribution in [-0.4, -0.2) is 11.7 Å². The van der Waals surface area contributed by atoms with Crippen molar-refractivity contribution in [1.82, 2.24) is 5.32 Å². The highest BCUT2D eigenvalue weighted by Crippen LogP contribution is 2.19. The molecule has 0 bridgehead atoms. The Morgan fingerprint density at radius 1 is 0.952 bits per heavy atom. The van der Waals surface area contributed by atoms with E-state index in [4.69, 9.17) is 0 Å². The number of nitrogens with one attached hydrogen (secondary N) is 1. The normalized spacial score (nSPS) is 11.7. The van der Waals surface area contributed by atoms with Crippen LogP contribution in [0.3, 0.4) is 0 Å². The van der Waals surface area contributed by atoms with Gasteiger partial charge in [0.25, 0.3) is 0 Å². The van der Waals surface area contributed by atoms with E-state index in [9.17, 15) is 9.59 Å². The minimum Gasteiger partial charge on any atom is -0.350 e. The number of Topliss-reactive ketones (excluding diaryl/α,β-unsaturated/α-hetero) is 1. The molecule has 2 aromatic rings. The number of carbonyl (C=O) groups is 2. The van der Waals surface area contributed by atoms with Gasteiger partial charge in [0.2, 0.25) is 5.91 Å². The highest BCUT2D eigenvalue weighted by atomic mass is 16.1. The molecule has 0 fully saturated rings. The summed E-state index contributed by atoms with van der Waals surface area (Å²) in [6.45, 7) is 1.49. The van der Waals surface area contributed by atoms with Gasteiger partial charge in [0.1, 0.15) is 0 Å². The average Bonchev–Trinajstić information content (AvgIpc) is 2.52. The largest absolute Gasteiger partial charge is 0.350 e. The number of amides is 1. The minimum absolute atomic E-state index is 0.0870. The lowest BCUT2D eigenvalue weighted by Gasteiger charge is -2.18. The molecule has 0 spiro atoms. The summed E-state index contributed by atoms with van der Waals surface area (Å²) >= 11 is 0. The van der Waals surface area contributed by atoms with Gasteiger partial charge >= 0.3 is 0 Å². The zero-order chi connectivity index (χ0) is 15.1. The standard InChI is InChI=1S/C18H19NO2/c1-14(20)19-17(15-8-4-2-5-9-15)12-13-18(21)16-10-6-3-7-11-16/h2-11,17H,12-13H2,1H3,(H,19,20). The molecule has 1 unspecified atom stereocenters. The van der Waals surface area contributed by atoms with Crippen molar-refractivity contribution in [2.24, 2.45) is 0 Å². The topological polar surface area (TPSA) is 46.2 Å². The highest BCUT2D eigenvalue weighted by molar-refractivity contribution is 5.96. The fraction of sp³-hybridized carbons (Fsp3) is 0.222.